The zero-order valence-corrected chi connectivity index (χ0v) is 17.7. The van der Waals surface area contributed by atoms with E-state index in [-0.39, 0.29) is 35.8 Å². The highest BCUT2D eigenvalue weighted by atomic mass is 16.5. The van der Waals surface area contributed by atoms with Gasteiger partial charge in [0.2, 0.25) is 11.8 Å². The first-order valence-electron chi connectivity index (χ1n) is 11.4. The Morgan fingerprint density at radius 3 is 2.90 bits per heavy atom. The van der Waals surface area contributed by atoms with Crippen molar-refractivity contribution in [2.75, 3.05) is 19.7 Å². The number of hydrogen-bond acceptors (Lipinski definition) is 6. The largest absolute Gasteiger partial charge is 0.371 e. The lowest BCUT2D eigenvalue weighted by molar-refractivity contribution is -0.136. The van der Waals surface area contributed by atoms with Gasteiger partial charge in [0.05, 0.1) is 12.2 Å². The summed E-state index contributed by atoms with van der Waals surface area (Å²) < 4.78 is 6.25. The number of ether oxygens (including phenoxy) is 1. The van der Waals surface area contributed by atoms with Crippen LogP contribution in [0, 0.1) is 0 Å². The Balaban J connectivity index is 1.26. The monoisotopic (exact) mass is 426 g/mol. The molecule has 5 rings (SSSR count). The molecule has 3 amide bonds. The van der Waals surface area contributed by atoms with Gasteiger partial charge in [-0.15, -0.1) is 0 Å². The molecule has 3 fully saturated rings. The van der Waals surface area contributed by atoms with E-state index >= 15 is 0 Å². The van der Waals surface area contributed by atoms with Crippen LogP contribution in [0.1, 0.15) is 60.0 Å². The van der Waals surface area contributed by atoms with Crippen molar-refractivity contribution in [2.45, 2.75) is 69.3 Å². The van der Waals surface area contributed by atoms with E-state index in [0.717, 1.165) is 43.7 Å². The molecule has 1 unspecified atom stereocenters. The van der Waals surface area contributed by atoms with E-state index in [1.807, 2.05) is 12.1 Å². The third-order valence-corrected chi connectivity index (χ3v) is 7.22. The number of carbonyl (C=O) groups excluding carboxylic acids is 3. The average molecular weight is 427 g/mol. The number of hydrogen-bond donors (Lipinski definition) is 3. The molecule has 0 bridgehead atoms. The summed E-state index contributed by atoms with van der Waals surface area (Å²) in [6.45, 7) is 3.63. The Labute approximate surface area is 182 Å². The molecular formula is C23H30N4O4. The van der Waals surface area contributed by atoms with Gasteiger partial charge in [-0.05, 0) is 36.5 Å². The second-order valence-electron chi connectivity index (χ2n) is 9.16. The minimum Gasteiger partial charge on any atom is -0.371 e. The van der Waals surface area contributed by atoms with Crippen molar-refractivity contribution >= 4 is 17.7 Å². The van der Waals surface area contributed by atoms with E-state index < -0.39 is 6.04 Å². The van der Waals surface area contributed by atoms with Gasteiger partial charge in [0.15, 0.2) is 0 Å². The lowest BCUT2D eigenvalue weighted by Gasteiger charge is -2.47. The van der Waals surface area contributed by atoms with Gasteiger partial charge in [0, 0.05) is 44.2 Å². The molecule has 1 aromatic rings. The van der Waals surface area contributed by atoms with E-state index in [4.69, 9.17) is 4.74 Å². The van der Waals surface area contributed by atoms with Crippen LogP contribution in [0.4, 0.5) is 0 Å². The van der Waals surface area contributed by atoms with Gasteiger partial charge in [-0.2, -0.15) is 0 Å². The molecule has 2 saturated heterocycles. The minimum absolute atomic E-state index is 0.125. The molecule has 3 aliphatic heterocycles. The van der Waals surface area contributed by atoms with Crippen molar-refractivity contribution in [2.24, 2.45) is 0 Å². The highest BCUT2D eigenvalue weighted by Crippen LogP contribution is 2.33. The van der Waals surface area contributed by atoms with Crippen molar-refractivity contribution in [3.05, 3.63) is 34.9 Å². The standard InChI is InChI=1S/C23H30N4O4/c28-20-7-6-18(21(29)26-20)27-13-16-5-4-15(11-17(16)22(27)30)12-25-19-3-1-2-8-23(19)14-24-9-10-31-23/h4-5,11,18-19,24-25H,1-3,6-10,12-14H2,(H,26,28,29)/t18?,19-,23+/m1/s1. The number of fused-ring (bicyclic) bond motifs is 1. The van der Waals surface area contributed by atoms with E-state index in [1.165, 1.54) is 12.8 Å². The van der Waals surface area contributed by atoms with Crippen LogP contribution in [0.25, 0.3) is 0 Å². The van der Waals surface area contributed by atoms with Crippen LogP contribution < -0.4 is 16.0 Å². The number of imide groups is 1. The lowest BCUT2D eigenvalue weighted by Crippen LogP contribution is -2.62. The van der Waals surface area contributed by atoms with Crippen LogP contribution in [0.2, 0.25) is 0 Å². The topological polar surface area (TPSA) is 99.8 Å². The Bertz CT molecular complexity index is 887. The molecule has 3 N–H and O–H groups in total. The van der Waals surface area contributed by atoms with Gasteiger partial charge < -0.3 is 20.3 Å². The second-order valence-corrected chi connectivity index (χ2v) is 9.16. The Morgan fingerprint density at radius 1 is 1.19 bits per heavy atom. The SMILES string of the molecule is O=C1CCC(N2Cc3ccc(CN[C@@H]4CCCC[C@]45CNCCO5)cc3C2=O)C(=O)N1. The number of benzene rings is 1. The maximum atomic E-state index is 13.0. The number of morpholine rings is 1. The van der Waals surface area contributed by atoms with E-state index in [0.29, 0.717) is 25.1 Å². The maximum absolute atomic E-state index is 13.0. The Hall–Kier alpha value is -2.29. The summed E-state index contributed by atoms with van der Waals surface area (Å²) in [6, 6.07) is 5.72. The smallest absolute Gasteiger partial charge is 0.255 e. The maximum Gasteiger partial charge on any atom is 0.255 e. The Kier molecular flexibility index (Phi) is 5.54. The molecule has 31 heavy (non-hydrogen) atoms. The molecule has 3 atom stereocenters. The molecule has 1 aromatic carbocycles. The average Bonchev–Trinajstić information content (AvgIpc) is 3.10. The molecule has 8 heteroatoms. The van der Waals surface area contributed by atoms with E-state index in [9.17, 15) is 14.4 Å². The number of nitrogens with zero attached hydrogens (tertiary/aromatic N) is 1. The van der Waals surface area contributed by atoms with Crippen molar-refractivity contribution in [1.82, 2.24) is 20.9 Å². The van der Waals surface area contributed by atoms with Crippen LogP contribution in [-0.4, -0.2) is 60.0 Å². The number of piperidine rings is 1. The summed E-state index contributed by atoms with van der Waals surface area (Å²) in [6.07, 6.45) is 5.22. The summed E-state index contributed by atoms with van der Waals surface area (Å²) in [5, 5.41) is 9.54. The van der Waals surface area contributed by atoms with Crippen LogP contribution in [0.3, 0.4) is 0 Å². The van der Waals surface area contributed by atoms with Crippen molar-refractivity contribution in [3.63, 3.8) is 0 Å². The highest BCUT2D eigenvalue weighted by Gasteiger charge is 2.43. The third kappa shape index (κ3) is 3.88. The van der Waals surface area contributed by atoms with Gasteiger partial charge in [0.1, 0.15) is 6.04 Å². The third-order valence-electron chi connectivity index (χ3n) is 7.22. The summed E-state index contributed by atoms with van der Waals surface area (Å²) >= 11 is 0. The quantitative estimate of drug-likeness (QED) is 0.617. The predicted octanol–water partition coefficient (Wildman–Crippen LogP) is 0.838. The van der Waals surface area contributed by atoms with Crippen LogP contribution in [-0.2, 0) is 27.4 Å². The number of amides is 3. The molecule has 0 radical (unpaired) electrons. The molecule has 1 spiro atoms. The lowest BCUT2D eigenvalue weighted by atomic mass is 9.79. The van der Waals surface area contributed by atoms with Gasteiger partial charge in [-0.1, -0.05) is 25.0 Å². The molecule has 8 nitrogen and oxygen atoms in total. The van der Waals surface area contributed by atoms with Gasteiger partial charge in [0.25, 0.3) is 5.91 Å². The number of rotatable bonds is 4. The van der Waals surface area contributed by atoms with E-state index in [2.05, 4.69) is 22.0 Å². The molecule has 3 heterocycles. The van der Waals surface area contributed by atoms with Crippen LogP contribution in [0.5, 0.6) is 0 Å². The fourth-order valence-corrected chi connectivity index (χ4v) is 5.51. The van der Waals surface area contributed by atoms with Crippen molar-refractivity contribution < 1.29 is 19.1 Å². The first-order chi connectivity index (χ1) is 15.1. The zero-order chi connectivity index (χ0) is 21.4. The minimum atomic E-state index is -0.572. The molecule has 1 saturated carbocycles. The Morgan fingerprint density at radius 2 is 2.10 bits per heavy atom. The fourth-order valence-electron chi connectivity index (χ4n) is 5.51. The van der Waals surface area contributed by atoms with Crippen molar-refractivity contribution in [3.8, 4) is 0 Å². The summed E-state index contributed by atoms with van der Waals surface area (Å²) in [5.74, 6) is -0.764. The summed E-state index contributed by atoms with van der Waals surface area (Å²) in [7, 11) is 0. The van der Waals surface area contributed by atoms with Crippen LogP contribution in [0.15, 0.2) is 18.2 Å². The predicted molar refractivity (Wildman–Crippen MR) is 113 cm³/mol. The van der Waals surface area contributed by atoms with E-state index in [1.54, 1.807) is 4.90 Å². The summed E-state index contributed by atoms with van der Waals surface area (Å²) in [5.41, 5.74) is 2.53. The molecular weight excluding hydrogens is 396 g/mol. The first-order valence-corrected chi connectivity index (χ1v) is 11.4. The molecule has 4 aliphatic rings. The molecule has 166 valence electrons. The molecule has 1 aliphatic carbocycles. The van der Waals surface area contributed by atoms with Gasteiger partial charge >= 0.3 is 0 Å². The molecule has 0 aromatic heterocycles. The number of nitrogens with one attached hydrogen (secondary N) is 3. The fraction of sp³-hybridized carbons (Fsp3) is 0.609. The second kappa shape index (κ2) is 8.33. The highest BCUT2D eigenvalue weighted by molar-refractivity contribution is 6.05. The van der Waals surface area contributed by atoms with Gasteiger partial charge in [-0.25, -0.2) is 0 Å². The van der Waals surface area contributed by atoms with Gasteiger partial charge in [-0.3, -0.25) is 19.7 Å². The number of carbonyl (C=O) groups is 3. The summed E-state index contributed by atoms with van der Waals surface area (Å²) in [4.78, 5) is 38.3. The zero-order valence-electron chi connectivity index (χ0n) is 17.7. The normalized spacial score (nSPS) is 31.1. The van der Waals surface area contributed by atoms with Crippen molar-refractivity contribution in [1.29, 1.82) is 0 Å². The first kappa shape index (κ1) is 20.6. The van der Waals surface area contributed by atoms with Crippen LogP contribution >= 0.6 is 0 Å².